The Labute approximate surface area is 129 Å². The molecular weight excluding hydrogens is 338 g/mol. The number of piperazine rings is 1. The van der Waals surface area contributed by atoms with Gasteiger partial charge in [-0.3, -0.25) is 0 Å². The zero-order chi connectivity index (χ0) is 16.8. The minimum atomic E-state index is -5.29. The van der Waals surface area contributed by atoms with Crippen LogP contribution in [0.5, 0.6) is 0 Å². The molecule has 23 heavy (non-hydrogen) atoms. The highest BCUT2D eigenvalue weighted by molar-refractivity contribution is 7.90. The molecular formula is C13H13F4N3O2S. The molecule has 0 unspecified atom stereocenters. The van der Waals surface area contributed by atoms with E-state index in [2.05, 4.69) is 4.98 Å². The summed E-state index contributed by atoms with van der Waals surface area (Å²) in [4.78, 5) is 4.68. The van der Waals surface area contributed by atoms with E-state index in [1.54, 1.807) is 17.2 Å². The predicted molar refractivity (Wildman–Crippen MR) is 77.0 cm³/mol. The molecule has 5 nitrogen and oxygen atoms in total. The van der Waals surface area contributed by atoms with Gasteiger partial charge in [-0.05, 0) is 18.2 Å². The molecule has 0 aliphatic carbocycles. The topological polar surface area (TPSA) is 56.4 Å². The molecule has 1 fully saturated rings. The van der Waals surface area contributed by atoms with Crippen LogP contribution in [0.4, 0.5) is 23.2 Å². The van der Waals surface area contributed by atoms with Gasteiger partial charge in [-0.1, -0.05) is 0 Å². The van der Waals surface area contributed by atoms with Crippen LogP contribution in [0, 0.1) is 5.82 Å². The summed E-state index contributed by atoms with van der Waals surface area (Å²) in [5, 5.41) is 0.735. The number of aromatic nitrogens is 1. The minimum Gasteiger partial charge on any atom is -0.367 e. The summed E-state index contributed by atoms with van der Waals surface area (Å²) in [6.07, 6.45) is 1.64. The summed E-state index contributed by atoms with van der Waals surface area (Å²) >= 11 is 0. The average molecular weight is 351 g/mol. The molecule has 10 heteroatoms. The number of sulfonamides is 1. The van der Waals surface area contributed by atoms with Gasteiger partial charge in [0, 0.05) is 37.8 Å². The number of benzene rings is 1. The Hall–Kier alpha value is -1.81. The van der Waals surface area contributed by atoms with Gasteiger partial charge in [0.25, 0.3) is 0 Å². The molecule has 1 N–H and O–H groups in total. The SMILES string of the molecule is O=S(=O)(N1CCN(c2c[nH]c3cc(F)ccc23)CC1)C(F)(F)F. The molecule has 0 saturated carbocycles. The van der Waals surface area contributed by atoms with Crippen LogP contribution in [0.2, 0.25) is 0 Å². The van der Waals surface area contributed by atoms with Crippen molar-refractivity contribution in [2.24, 2.45) is 0 Å². The number of nitrogens with one attached hydrogen (secondary N) is 1. The molecule has 2 aromatic rings. The maximum atomic E-state index is 13.2. The summed E-state index contributed by atoms with van der Waals surface area (Å²) in [6.45, 7) is -0.259. The summed E-state index contributed by atoms with van der Waals surface area (Å²) in [6, 6.07) is 4.20. The van der Waals surface area contributed by atoms with Crippen LogP contribution in [0.3, 0.4) is 0 Å². The van der Waals surface area contributed by atoms with E-state index in [-0.39, 0.29) is 26.2 Å². The minimum absolute atomic E-state index is 0.125. The second kappa shape index (κ2) is 5.38. The van der Waals surface area contributed by atoms with Crippen LogP contribution in [-0.4, -0.2) is 49.4 Å². The van der Waals surface area contributed by atoms with Gasteiger partial charge in [0.1, 0.15) is 5.82 Å². The van der Waals surface area contributed by atoms with Crippen molar-refractivity contribution in [3.63, 3.8) is 0 Å². The van der Waals surface area contributed by atoms with Crippen molar-refractivity contribution in [2.45, 2.75) is 5.51 Å². The normalized spacial score (nSPS) is 17.8. The van der Waals surface area contributed by atoms with Crippen LogP contribution in [0.25, 0.3) is 10.9 Å². The zero-order valence-corrected chi connectivity index (χ0v) is 12.6. The molecule has 0 amide bonds. The van der Waals surface area contributed by atoms with E-state index in [0.29, 0.717) is 15.5 Å². The lowest BCUT2D eigenvalue weighted by molar-refractivity contribution is -0.0490. The van der Waals surface area contributed by atoms with Gasteiger partial charge >= 0.3 is 15.5 Å². The van der Waals surface area contributed by atoms with E-state index >= 15 is 0 Å². The van der Waals surface area contributed by atoms with Crippen molar-refractivity contribution in [3.05, 3.63) is 30.2 Å². The lowest BCUT2D eigenvalue weighted by Gasteiger charge is -2.35. The molecule has 1 aromatic carbocycles. The van der Waals surface area contributed by atoms with E-state index in [9.17, 15) is 26.0 Å². The molecule has 1 aliphatic rings. The molecule has 1 aliphatic heterocycles. The van der Waals surface area contributed by atoms with Gasteiger partial charge in [0.15, 0.2) is 0 Å². The number of rotatable bonds is 2. The number of H-pyrrole nitrogens is 1. The second-order valence-corrected chi connectivity index (χ2v) is 7.13. The van der Waals surface area contributed by atoms with Crippen LogP contribution in [0.15, 0.2) is 24.4 Å². The first-order valence-electron chi connectivity index (χ1n) is 6.78. The van der Waals surface area contributed by atoms with E-state index in [1.807, 2.05) is 0 Å². The third-order valence-electron chi connectivity index (χ3n) is 3.83. The maximum absolute atomic E-state index is 13.2. The third-order valence-corrected chi connectivity index (χ3v) is 5.46. The number of aromatic amines is 1. The number of hydrogen-bond acceptors (Lipinski definition) is 3. The number of alkyl halides is 3. The monoisotopic (exact) mass is 351 g/mol. The number of anilines is 1. The Morgan fingerprint density at radius 3 is 2.35 bits per heavy atom. The molecule has 2 heterocycles. The number of hydrogen-bond donors (Lipinski definition) is 1. The smallest absolute Gasteiger partial charge is 0.367 e. The Morgan fingerprint density at radius 1 is 1.09 bits per heavy atom. The van der Waals surface area contributed by atoms with E-state index in [4.69, 9.17) is 0 Å². The Kier molecular flexibility index (Phi) is 3.75. The largest absolute Gasteiger partial charge is 0.511 e. The number of nitrogens with zero attached hydrogens (tertiary/aromatic N) is 2. The van der Waals surface area contributed by atoms with Crippen molar-refractivity contribution in [1.82, 2.24) is 9.29 Å². The summed E-state index contributed by atoms with van der Waals surface area (Å²) in [7, 11) is -5.29. The lowest BCUT2D eigenvalue weighted by atomic mass is 10.2. The molecule has 0 spiro atoms. The van der Waals surface area contributed by atoms with Crippen molar-refractivity contribution < 1.29 is 26.0 Å². The van der Waals surface area contributed by atoms with Gasteiger partial charge in [-0.15, -0.1) is 0 Å². The lowest BCUT2D eigenvalue weighted by Crippen LogP contribution is -2.52. The predicted octanol–water partition coefficient (Wildman–Crippen LogP) is 2.28. The van der Waals surface area contributed by atoms with Crippen LogP contribution in [0.1, 0.15) is 0 Å². The van der Waals surface area contributed by atoms with Gasteiger partial charge in [0.05, 0.1) is 11.2 Å². The number of fused-ring (bicyclic) bond motifs is 1. The highest BCUT2D eigenvalue weighted by Gasteiger charge is 2.50. The second-order valence-electron chi connectivity index (χ2n) is 5.20. The molecule has 126 valence electrons. The van der Waals surface area contributed by atoms with Crippen LogP contribution in [-0.2, 0) is 10.0 Å². The zero-order valence-electron chi connectivity index (χ0n) is 11.8. The van der Waals surface area contributed by atoms with Crippen molar-refractivity contribution in [1.29, 1.82) is 0 Å². The fraction of sp³-hybridized carbons (Fsp3) is 0.385. The van der Waals surface area contributed by atoms with E-state index in [0.717, 1.165) is 5.39 Å². The molecule has 1 saturated heterocycles. The molecule has 1 aromatic heterocycles. The van der Waals surface area contributed by atoms with Crippen molar-refractivity contribution >= 4 is 26.6 Å². The third kappa shape index (κ3) is 2.76. The van der Waals surface area contributed by atoms with Crippen molar-refractivity contribution in [3.8, 4) is 0 Å². The van der Waals surface area contributed by atoms with Gasteiger partial charge < -0.3 is 9.88 Å². The Bertz CT molecular complexity index is 823. The summed E-state index contributed by atoms with van der Waals surface area (Å²) in [5.74, 6) is -0.396. The highest BCUT2D eigenvalue weighted by atomic mass is 32.2. The van der Waals surface area contributed by atoms with Gasteiger partial charge in [-0.25, -0.2) is 12.8 Å². The standard InChI is InChI=1S/C13H13F4N3O2S/c14-9-1-2-10-11(7-9)18-8-12(10)19-3-5-20(6-4-19)23(21,22)13(15,16)17/h1-2,7-8,18H,3-6H2. The van der Waals surface area contributed by atoms with Crippen molar-refractivity contribution in [2.75, 3.05) is 31.1 Å². The van der Waals surface area contributed by atoms with Gasteiger partial charge in [0.2, 0.25) is 0 Å². The first-order chi connectivity index (χ1) is 10.7. The maximum Gasteiger partial charge on any atom is 0.511 e. The average Bonchev–Trinajstić information content (AvgIpc) is 2.89. The molecule has 0 atom stereocenters. The Balaban J connectivity index is 1.79. The summed E-state index contributed by atoms with van der Waals surface area (Å²) < 4.78 is 74.0. The first-order valence-corrected chi connectivity index (χ1v) is 8.22. The molecule has 3 rings (SSSR count). The van der Waals surface area contributed by atoms with Crippen LogP contribution >= 0.6 is 0 Å². The fourth-order valence-corrected chi connectivity index (χ4v) is 3.60. The van der Waals surface area contributed by atoms with Gasteiger partial charge in [-0.2, -0.15) is 17.5 Å². The van der Waals surface area contributed by atoms with Crippen LogP contribution < -0.4 is 4.90 Å². The quantitative estimate of drug-likeness (QED) is 0.845. The highest BCUT2D eigenvalue weighted by Crippen LogP contribution is 2.31. The molecule has 0 bridgehead atoms. The van der Waals surface area contributed by atoms with E-state index < -0.39 is 21.3 Å². The van der Waals surface area contributed by atoms with E-state index in [1.165, 1.54) is 12.1 Å². The Morgan fingerprint density at radius 2 is 1.74 bits per heavy atom. The first kappa shape index (κ1) is 16.1. The molecule has 0 radical (unpaired) electrons. The number of halogens is 4. The fourth-order valence-electron chi connectivity index (χ4n) is 2.66. The summed E-state index contributed by atoms with van der Waals surface area (Å²) in [5.41, 5.74) is -4.00.